The van der Waals surface area contributed by atoms with Crippen LogP contribution in [-0.2, 0) is 19.0 Å². The zero-order valence-corrected chi connectivity index (χ0v) is 17.3. The summed E-state index contributed by atoms with van der Waals surface area (Å²) in [6.45, 7) is 7.20. The third kappa shape index (κ3) is 3.53. The molecule has 2 heterocycles. The zero-order valence-electron chi connectivity index (χ0n) is 14.9. The molecular weight excluding hydrogens is 422 g/mol. The number of carbonyl (C=O) groups is 1. The Hall–Kier alpha value is -1.80. The van der Waals surface area contributed by atoms with Gasteiger partial charge < -0.3 is 8.92 Å². The third-order valence-electron chi connectivity index (χ3n) is 3.95. The van der Waals surface area contributed by atoms with E-state index in [-0.39, 0.29) is 10.7 Å². The molecule has 2 aliphatic heterocycles. The summed E-state index contributed by atoms with van der Waals surface area (Å²) in [7, 11) is -4.00. The fraction of sp³-hybridized carbons (Fsp3) is 0.389. The maximum Gasteiger partial charge on any atom is 0.411 e. The molecule has 0 aromatic heterocycles. The van der Waals surface area contributed by atoms with E-state index in [0.717, 1.165) is 5.56 Å². The molecule has 0 radical (unpaired) electrons. The fourth-order valence-corrected chi connectivity index (χ4v) is 4.56. The van der Waals surface area contributed by atoms with Crippen LogP contribution in [-0.4, -0.2) is 37.1 Å². The summed E-state index contributed by atoms with van der Waals surface area (Å²) in [6, 6.07) is 5.34. The Kier molecular flexibility index (Phi) is 4.69. The third-order valence-corrected chi connectivity index (χ3v) is 6.06. The van der Waals surface area contributed by atoms with E-state index in [2.05, 4.69) is 15.9 Å². The number of nitrogens with zero attached hydrogens (tertiary/aromatic N) is 1. The summed E-state index contributed by atoms with van der Waals surface area (Å²) >= 11 is 3.38. The average Bonchev–Trinajstić information content (AvgIpc) is 3.04. The summed E-state index contributed by atoms with van der Waals surface area (Å²) in [5.41, 5.74) is 0.295. The molecule has 1 aromatic rings. The molecule has 2 atom stereocenters. The van der Waals surface area contributed by atoms with Gasteiger partial charge in [-0.3, -0.25) is 4.90 Å². The van der Waals surface area contributed by atoms with Crippen molar-refractivity contribution in [3.63, 3.8) is 0 Å². The Morgan fingerprint density at radius 3 is 2.27 bits per heavy atom. The molecule has 3 rings (SSSR count). The van der Waals surface area contributed by atoms with Crippen LogP contribution in [0.2, 0.25) is 0 Å². The number of hydrogen-bond donors (Lipinski definition) is 0. The first-order valence-electron chi connectivity index (χ1n) is 8.10. The number of carbonyl (C=O) groups excluding carboxylic acids is 1. The molecule has 0 saturated heterocycles. The highest BCUT2D eigenvalue weighted by Gasteiger charge is 2.48. The standard InChI is InChI=1S/C18H20BrNO5S/c1-11-5-7-12(8-6-11)26(22,23)25-16-14-10-9-13(15(16)19)20(14)17(21)24-18(2,3)4/h5-10,13-14H,1-4H3. The molecule has 2 unspecified atom stereocenters. The van der Waals surface area contributed by atoms with Gasteiger partial charge in [0.15, 0.2) is 5.76 Å². The topological polar surface area (TPSA) is 72.9 Å². The minimum absolute atomic E-state index is 0.0615. The van der Waals surface area contributed by atoms with Crippen LogP contribution in [0.1, 0.15) is 26.3 Å². The summed E-state index contributed by atoms with van der Waals surface area (Å²) in [4.78, 5) is 14.0. The predicted molar refractivity (Wildman–Crippen MR) is 100 cm³/mol. The van der Waals surface area contributed by atoms with Crippen molar-refractivity contribution in [1.29, 1.82) is 0 Å². The second kappa shape index (κ2) is 6.42. The van der Waals surface area contributed by atoms with Crippen LogP contribution in [0.5, 0.6) is 0 Å². The molecule has 1 amide bonds. The van der Waals surface area contributed by atoms with Crippen molar-refractivity contribution >= 4 is 32.1 Å². The number of amides is 1. The largest absolute Gasteiger partial charge is 0.444 e. The van der Waals surface area contributed by atoms with Gasteiger partial charge in [-0.05, 0) is 55.8 Å². The molecule has 0 spiro atoms. The van der Waals surface area contributed by atoms with E-state index in [9.17, 15) is 13.2 Å². The molecule has 26 heavy (non-hydrogen) atoms. The van der Waals surface area contributed by atoms with Crippen molar-refractivity contribution in [2.75, 3.05) is 0 Å². The van der Waals surface area contributed by atoms with E-state index in [1.54, 1.807) is 39.0 Å². The highest BCUT2D eigenvalue weighted by molar-refractivity contribution is 9.11. The quantitative estimate of drug-likeness (QED) is 0.525. The van der Waals surface area contributed by atoms with Crippen LogP contribution < -0.4 is 0 Å². The van der Waals surface area contributed by atoms with Gasteiger partial charge in [0.25, 0.3) is 0 Å². The van der Waals surface area contributed by atoms with Gasteiger partial charge in [-0.2, -0.15) is 8.42 Å². The normalized spacial score (nSPS) is 22.1. The second-order valence-corrected chi connectivity index (χ2v) is 9.63. The van der Waals surface area contributed by atoms with Gasteiger partial charge in [-0.1, -0.05) is 29.8 Å². The van der Waals surface area contributed by atoms with E-state index in [1.807, 2.05) is 13.0 Å². The zero-order chi connectivity index (χ0) is 19.3. The van der Waals surface area contributed by atoms with E-state index in [4.69, 9.17) is 8.92 Å². The van der Waals surface area contributed by atoms with E-state index >= 15 is 0 Å². The number of rotatable bonds is 3. The Bertz CT molecular complexity index is 897. The molecule has 2 bridgehead atoms. The van der Waals surface area contributed by atoms with Gasteiger partial charge in [0.2, 0.25) is 0 Å². The molecular formula is C18H20BrNO5S. The molecule has 1 aromatic carbocycles. The molecule has 140 valence electrons. The monoisotopic (exact) mass is 441 g/mol. The van der Waals surface area contributed by atoms with Gasteiger partial charge in [0.05, 0.1) is 10.5 Å². The minimum atomic E-state index is -4.00. The van der Waals surface area contributed by atoms with E-state index in [0.29, 0.717) is 4.48 Å². The van der Waals surface area contributed by atoms with Crippen molar-refractivity contribution in [3.05, 3.63) is 52.2 Å². The smallest absolute Gasteiger partial charge is 0.411 e. The summed E-state index contributed by atoms with van der Waals surface area (Å²) in [5, 5.41) is 0. The summed E-state index contributed by atoms with van der Waals surface area (Å²) in [6.07, 6.45) is 3.02. The first kappa shape index (κ1) is 19.0. The molecule has 0 N–H and O–H groups in total. The van der Waals surface area contributed by atoms with Crippen LogP contribution in [0.4, 0.5) is 4.79 Å². The van der Waals surface area contributed by atoms with Crippen LogP contribution in [0.15, 0.2) is 51.6 Å². The number of fused-ring (bicyclic) bond motifs is 2. The number of benzene rings is 1. The second-order valence-electron chi connectivity index (χ2n) is 7.22. The highest BCUT2D eigenvalue weighted by Crippen LogP contribution is 2.42. The fourth-order valence-electron chi connectivity index (χ4n) is 2.78. The maximum absolute atomic E-state index is 12.6. The number of hydrogen-bond acceptors (Lipinski definition) is 5. The van der Waals surface area contributed by atoms with Crippen LogP contribution in [0.3, 0.4) is 0 Å². The van der Waals surface area contributed by atoms with Crippen molar-refractivity contribution < 1.29 is 22.1 Å². The van der Waals surface area contributed by atoms with Crippen LogP contribution in [0.25, 0.3) is 0 Å². The Balaban J connectivity index is 1.83. The van der Waals surface area contributed by atoms with Crippen LogP contribution >= 0.6 is 15.9 Å². The Morgan fingerprint density at radius 1 is 1.12 bits per heavy atom. The van der Waals surface area contributed by atoms with Crippen molar-refractivity contribution in [2.24, 2.45) is 0 Å². The van der Waals surface area contributed by atoms with Gasteiger partial charge in [0.1, 0.15) is 16.5 Å². The van der Waals surface area contributed by atoms with E-state index < -0.39 is 33.9 Å². The van der Waals surface area contributed by atoms with Gasteiger partial charge in [-0.25, -0.2) is 4.79 Å². The lowest BCUT2D eigenvalue weighted by atomic mass is 10.2. The van der Waals surface area contributed by atoms with Crippen molar-refractivity contribution in [3.8, 4) is 0 Å². The summed E-state index contributed by atoms with van der Waals surface area (Å²) in [5.74, 6) is 0.184. The summed E-state index contributed by atoms with van der Waals surface area (Å²) < 4.78 is 36.5. The van der Waals surface area contributed by atoms with Crippen molar-refractivity contribution in [1.82, 2.24) is 4.90 Å². The molecule has 0 aliphatic carbocycles. The van der Waals surface area contributed by atoms with Crippen LogP contribution in [0, 0.1) is 6.92 Å². The number of aryl methyl sites for hydroxylation is 1. The number of ether oxygens (including phenoxy) is 1. The molecule has 6 nitrogen and oxygen atoms in total. The minimum Gasteiger partial charge on any atom is -0.444 e. The molecule has 0 fully saturated rings. The predicted octanol–water partition coefficient (Wildman–Crippen LogP) is 3.86. The first-order chi connectivity index (χ1) is 12.0. The maximum atomic E-state index is 12.6. The van der Waals surface area contributed by atoms with Gasteiger partial charge >= 0.3 is 16.2 Å². The van der Waals surface area contributed by atoms with Crippen molar-refractivity contribution in [2.45, 2.75) is 50.3 Å². The number of halogens is 1. The lowest BCUT2D eigenvalue weighted by molar-refractivity contribution is 0.0229. The van der Waals surface area contributed by atoms with E-state index in [1.165, 1.54) is 17.0 Å². The Labute approximate surface area is 161 Å². The average molecular weight is 442 g/mol. The lowest BCUT2D eigenvalue weighted by Crippen LogP contribution is -2.41. The Morgan fingerprint density at radius 2 is 1.69 bits per heavy atom. The molecule has 2 aliphatic rings. The highest BCUT2D eigenvalue weighted by atomic mass is 79.9. The van der Waals surface area contributed by atoms with Gasteiger partial charge in [-0.15, -0.1) is 0 Å². The molecule has 8 heteroatoms. The SMILES string of the molecule is Cc1ccc(S(=O)(=O)OC2=C(Br)C3C=CC2N3C(=O)OC(C)(C)C)cc1. The lowest BCUT2D eigenvalue weighted by Gasteiger charge is -2.28. The van der Waals surface area contributed by atoms with Gasteiger partial charge in [0, 0.05) is 0 Å². The molecule has 0 saturated carbocycles. The first-order valence-corrected chi connectivity index (χ1v) is 10.3.